The van der Waals surface area contributed by atoms with E-state index >= 15 is 0 Å². The monoisotopic (exact) mass is 274 g/mol. The lowest BCUT2D eigenvalue weighted by molar-refractivity contribution is 0.357. The summed E-state index contributed by atoms with van der Waals surface area (Å²) in [6.45, 7) is 2.63. The molecule has 1 N–H and O–H groups in total. The number of aromatic nitrogens is 3. The SMILES string of the molecule is COc1ncnc(OC)c1CN[C@H](C)c1ccncc1. The number of nitrogens with zero attached hydrogens (tertiary/aromatic N) is 3. The average Bonchev–Trinajstić information content (AvgIpc) is 2.52. The quantitative estimate of drug-likeness (QED) is 0.865. The van der Waals surface area contributed by atoms with Crippen LogP contribution in [-0.4, -0.2) is 29.2 Å². The van der Waals surface area contributed by atoms with Crippen molar-refractivity contribution in [1.29, 1.82) is 0 Å². The molecule has 0 saturated heterocycles. The van der Waals surface area contributed by atoms with E-state index in [1.54, 1.807) is 26.6 Å². The van der Waals surface area contributed by atoms with E-state index in [4.69, 9.17) is 9.47 Å². The van der Waals surface area contributed by atoms with E-state index in [9.17, 15) is 0 Å². The van der Waals surface area contributed by atoms with Gasteiger partial charge in [0, 0.05) is 25.0 Å². The van der Waals surface area contributed by atoms with Crippen LogP contribution in [0.3, 0.4) is 0 Å². The Bertz CT molecular complexity index is 526. The fraction of sp³-hybridized carbons (Fsp3) is 0.357. The zero-order valence-corrected chi connectivity index (χ0v) is 11.8. The van der Waals surface area contributed by atoms with Gasteiger partial charge in [0.15, 0.2) is 0 Å². The highest BCUT2D eigenvalue weighted by Crippen LogP contribution is 2.24. The number of rotatable bonds is 6. The Morgan fingerprint density at radius 1 is 1.10 bits per heavy atom. The molecule has 2 rings (SSSR count). The molecule has 0 aliphatic carbocycles. The second-order valence-electron chi connectivity index (χ2n) is 4.25. The maximum absolute atomic E-state index is 5.24. The first-order valence-corrected chi connectivity index (χ1v) is 6.31. The van der Waals surface area contributed by atoms with Crippen molar-refractivity contribution in [2.75, 3.05) is 14.2 Å². The maximum atomic E-state index is 5.24. The van der Waals surface area contributed by atoms with Crippen molar-refractivity contribution < 1.29 is 9.47 Å². The molecule has 2 aromatic rings. The van der Waals surface area contributed by atoms with Crippen molar-refractivity contribution in [2.24, 2.45) is 0 Å². The number of ether oxygens (including phenoxy) is 2. The number of pyridine rings is 1. The molecule has 0 aliphatic heterocycles. The minimum Gasteiger partial charge on any atom is -0.481 e. The van der Waals surface area contributed by atoms with Crippen LogP contribution in [0.1, 0.15) is 24.1 Å². The van der Waals surface area contributed by atoms with Gasteiger partial charge in [0.25, 0.3) is 0 Å². The number of nitrogens with one attached hydrogen (secondary N) is 1. The van der Waals surface area contributed by atoms with E-state index in [0.29, 0.717) is 18.3 Å². The standard InChI is InChI=1S/C14H18N4O2/c1-10(11-4-6-15-7-5-11)16-8-12-13(19-2)17-9-18-14(12)20-3/h4-7,9-10,16H,8H2,1-3H3/t10-/m1/s1. The summed E-state index contributed by atoms with van der Waals surface area (Å²) < 4.78 is 10.5. The summed E-state index contributed by atoms with van der Waals surface area (Å²) in [5.74, 6) is 1.04. The van der Waals surface area contributed by atoms with Gasteiger partial charge in [-0.2, -0.15) is 0 Å². The minimum absolute atomic E-state index is 0.174. The molecule has 0 bridgehead atoms. The molecule has 0 fully saturated rings. The smallest absolute Gasteiger partial charge is 0.224 e. The normalized spacial score (nSPS) is 11.9. The van der Waals surface area contributed by atoms with Gasteiger partial charge in [-0.05, 0) is 24.6 Å². The highest BCUT2D eigenvalue weighted by atomic mass is 16.5. The molecule has 0 amide bonds. The van der Waals surface area contributed by atoms with Crippen LogP contribution >= 0.6 is 0 Å². The first-order valence-electron chi connectivity index (χ1n) is 6.31. The van der Waals surface area contributed by atoms with Crippen molar-refractivity contribution in [1.82, 2.24) is 20.3 Å². The summed E-state index contributed by atoms with van der Waals surface area (Å²) in [4.78, 5) is 12.2. The van der Waals surface area contributed by atoms with Crippen LogP contribution in [0.25, 0.3) is 0 Å². The highest BCUT2D eigenvalue weighted by Gasteiger charge is 2.14. The fourth-order valence-corrected chi connectivity index (χ4v) is 1.91. The zero-order chi connectivity index (χ0) is 14.4. The molecule has 0 spiro atoms. The maximum Gasteiger partial charge on any atom is 0.224 e. The van der Waals surface area contributed by atoms with E-state index in [1.165, 1.54) is 6.33 Å². The van der Waals surface area contributed by atoms with Gasteiger partial charge >= 0.3 is 0 Å². The first kappa shape index (κ1) is 14.2. The molecule has 0 aliphatic rings. The summed E-state index contributed by atoms with van der Waals surface area (Å²) in [6, 6.07) is 4.13. The molecule has 2 aromatic heterocycles. The zero-order valence-electron chi connectivity index (χ0n) is 11.8. The van der Waals surface area contributed by atoms with Crippen LogP contribution in [0.4, 0.5) is 0 Å². The molecule has 2 heterocycles. The lowest BCUT2D eigenvalue weighted by Crippen LogP contribution is -2.19. The summed E-state index contributed by atoms with van der Waals surface area (Å²) >= 11 is 0. The third kappa shape index (κ3) is 3.21. The fourth-order valence-electron chi connectivity index (χ4n) is 1.91. The van der Waals surface area contributed by atoms with E-state index in [-0.39, 0.29) is 6.04 Å². The summed E-state index contributed by atoms with van der Waals surface area (Å²) in [5.41, 5.74) is 1.97. The Hall–Kier alpha value is -2.21. The Labute approximate surface area is 118 Å². The van der Waals surface area contributed by atoms with Gasteiger partial charge in [-0.15, -0.1) is 0 Å². The van der Waals surface area contributed by atoms with Gasteiger partial charge in [0.05, 0.1) is 19.8 Å². The Balaban J connectivity index is 2.11. The second kappa shape index (κ2) is 6.81. The van der Waals surface area contributed by atoms with Gasteiger partial charge in [-0.25, -0.2) is 9.97 Å². The largest absolute Gasteiger partial charge is 0.481 e. The van der Waals surface area contributed by atoms with Crippen LogP contribution in [0.5, 0.6) is 11.8 Å². The van der Waals surface area contributed by atoms with Crippen LogP contribution in [0.15, 0.2) is 30.9 Å². The van der Waals surface area contributed by atoms with Crippen molar-refractivity contribution >= 4 is 0 Å². The highest BCUT2D eigenvalue weighted by molar-refractivity contribution is 5.34. The van der Waals surface area contributed by atoms with E-state index in [2.05, 4.69) is 27.2 Å². The topological polar surface area (TPSA) is 69.2 Å². The van der Waals surface area contributed by atoms with Crippen molar-refractivity contribution in [3.63, 3.8) is 0 Å². The Morgan fingerprint density at radius 3 is 2.25 bits per heavy atom. The molecular weight excluding hydrogens is 256 g/mol. The molecule has 6 heteroatoms. The van der Waals surface area contributed by atoms with Crippen LogP contribution < -0.4 is 14.8 Å². The van der Waals surface area contributed by atoms with Crippen molar-refractivity contribution in [2.45, 2.75) is 19.5 Å². The molecule has 0 saturated carbocycles. The van der Waals surface area contributed by atoms with Gasteiger partial charge in [-0.1, -0.05) is 0 Å². The summed E-state index contributed by atoms with van der Waals surface area (Å²) in [6.07, 6.45) is 4.98. The molecule has 20 heavy (non-hydrogen) atoms. The van der Waals surface area contributed by atoms with E-state index in [0.717, 1.165) is 11.1 Å². The van der Waals surface area contributed by atoms with Crippen LogP contribution in [0, 0.1) is 0 Å². The molecule has 6 nitrogen and oxygen atoms in total. The van der Waals surface area contributed by atoms with Crippen molar-refractivity contribution in [3.8, 4) is 11.8 Å². The first-order chi connectivity index (χ1) is 9.76. The Morgan fingerprint density at radius 2 is 1.70 bits per heavy atom. The summed E-state index contributed by atoms with van der Waals surface area (Å²) in [5, 5.41) is 3.40. The average molecular weight is 274 g/mol. The molecule has 1 atom stereocenters. The third-order valence-electron chi connectivity index (χ3n) is 3.04. The molecule has 106 valence electrons. The van der Waals surface area contributed by atoms with Gasteiger partial charge in [0.1, 0.15) is 6.33 Å². The number of methoxy groups -OCH3 is 2. The van der Waals surface area contributed by atoms with Gasteiger partial charge in [-0.3, -0.25) is 4.98 Å². The van der Waals surface area contributed by atoms with E-state index < -0.39 is 0 Å². The predicted molar refractivity (Wildman–Crippen MR) is 74.6 cm³/mol. The van der Waals surface area contributed by atoms with Crippen LogP contribution in [-0.2, 0) is 6.54 Å². The molecular formula is C14H18N4O2. The lowest BCUT2D eigenvalue weighted by Gasteiger charge is -2.16. The predicted octanol–water partition coefficient (Wildman–Crippen LogP) is 1.74. The van der Waals surface area contributed by atoms with Gasteiger partial charge < -0.3 is 14.8 Å². The molecule has 0 radical (unpaired) electrons. The summed E-state index contributed by atoms with van der Waals surface area (Å²) in [7, 11) is 3.16. The lowest BCUT2D eigenvalue weighted by atomic mass is 10.1. The number of hydrogen-bond acceptors (Lipinski definition) is 6. The van der Waals surface area contributed by atoms with Gasteiger partial charge in [0.2, 0.25) is 11.8 Å². The Kier molecular flexibility index (Phi) is 4.84. The minimum atomic E-state index is 0.174. The van der Waals surface area contributed by atoms with Crippen molar-refractivity contribution in [3.05, 3.63) is 42.0 Å². The third-order valence-corrected chi connectivity index (χ3v) is 3.04. The van der Waals surface area contributed by atoms with E-state index in [1.807, 2.05) is 12.1 Å². The van der Waals surface area contributed by atoms with Crippen LogP contribution in [0.2, 0.25) is 0 Å². The molecule has 0 unspecified atom stereocenters. The molecule has 0 aromatic carbocycles. The number of hydrogen-bond donors (Lipinski definition) is 1. The second-order valence-corrected chi connectivity index (χ2v) is 4.25.